The standard InChI is InChI=1S/C14H15N5/c1-15-9-14-16-8-13(18-14)11-7-17-19(10-11)12-5-3-2-4-6-12/h2-8,10,15H,9H2,1H3,(H,16,18). The third kappa shape index (κ3) is 2.41. The van der Waals surface area contributed by atoms with Crippen molar-refractivity contribution in [3.05, 3.63) is 54.7 Å². The fourth-order valence-electron chi connectivity index (χ4n) is 1.95. The summed E-state index contributed by atoms with van der Waals surface area (Å²) in [5.74, 6) is 0.921. The summed E-state index contributed by atoms with van der Waals surface area (Å²) in [6.07, 6.45) is 5.66. The number of hydrogen-bond donors (Lipinski definition) is 2. The summed E-state index contributed by atoms with van der Waals surface area (Å²) in [5, 5.41) is 7.44. The van der Waals surface area contributed by atoms with E-state index in [0.717, 1.165) is 29.3 Å². The average Bonchev–Trinajstić information content (AvgIpc) is 3.08. The van der Waals surface area contributed by atoms with E-state index in [1.54, 1.807) is 0 Å². The maximum Gasteiger partial charge on any atom is 0.120 e. The molecule has 3 rings (SSSR count). The number of rotatable bonds is 4. The normalized spacial score (nSPS) is 10.8. The number of imidazole rings is 1. The predicted octanol–water partition coefficient (Wildman–Crippen LogP) is 1.98. The van der Waals surface area contributed by atoms with Gasteiger partial charge in [-0.1, -0.05) is 18.2 Å². The fraction of sp³-hybridized carbons (Fsp3) is 0.143. The zero-order valence-corrected chi connectivity index (χ0v) is 10.7. The van der Waals surface area contributed by atoms with Gasteiger partial charge in [0.15, 0.2) is 0 Å². The lowest BCUT2D eigenvalue weighted by molar-refractivity contribution is 0.772. The van der Waals surface area contributed by atoms with Crippen LogP contribution in [0.1, 0.15) is 5.82 Å². The van der Waals surface area contributed by atoms with E-state index in [1.807, 2.05) is 60.7 Å². The van der Waals surface area contributed by atoms with Gasteiger partial charge in [0.2, 0.25) is 0 Å². The highest BCUT2D eigenvalue weighted by molar-refractivity contribution is 5.57. The Kier molecular flexibility index (Phi) is 3.12. The maximum absolute atomic E-state index is 4.37. The van der Waals surface area contributed by atoms with Crippen LogP contribution in [-0.4, -0.2) is 26.8 Å². The van der Waals surface area contributed by atoms with Crippen LogP contribution in [0.15, 0.2) is 48.9 Å². The molecule has 0 fully saturated rings. The summed E-state index contributed by atoms with van der Waals surface area (Å²) in [5.41, 5.74) is 3.05. The summed E-state index contributed by atoms with van der Waals surface area (Å²) in [6, 6.07) is 10.0. The highest BCUT2D eigenvalue weighted by atomic mass is 15.3. The van der Waals surface area contributed by atoms with Gasteiger partial charge in [-0.05, 0) is 19.2 Å². The molecule has 1 aromatic carbocycles. The zero-order chi connectivity index (χ0) is 13.1. The van der Waals surface area contributed by atoms with Gasteiger partial charge in [-0.15, -0.1) is 0 Å². The highest BCUT2D eigenvalue weighted by Crippen LogP contribution is 2.18. The number of H-pyrrole nitrogens is 1. The molecule has 2 aromatic heterocycles. The molecule has 0 spiro atoms. The summed E-state index contributed by atoms with van der Waals surface area (Å²) in [7, 11) is 1.90. The zero-order valence-electron chi connectivity index (χ0n) is 10.7. The SMILES string of the molecule is CNCc1ncc(-c2cnn(-c3ccccc3)c2)[nH]1. The van der Waals surface area contributed by atoms with Gasteiger partial charge in [-0.2, -0.15) is 5.10 Å². The lowest BCUT2D eigenvalue weighted by atomic mass is 10.3. The van der Waals surface area contributed by atoms with E-state index in [2.05, 4.69) is 20.4 Å². The summed E-state index contributed by atoms with van der Waals surface area (Å²) in [6.45, 7) is 0.729. The topological polar surface area (TPSA) is 58.5 Å². The van der Waals surface area contributed by atoms with Gasteiger partial charge >= 0.3 is 0 Å². The molecule has 2 N–H and O–H groups in total. The molecule has 0 aliphatic rings. The van der Waals surface area contributed by atoms with Crippen molar-refractivity contribution in [1.29, 1.82) is 0 Å². The molecule has 3 aromatic rings. The van der Waals surface area contributed by atoms with Gasteiger partial charge in [0.05, 0.1) is 30.3 Å². The maximum atomic E-state index is 4.37. The van der Waals surface area contributed by atoms with Crippen molar-refractivity contribution in [3.8, 4) is 16.9 Å². The number of nitrogens with one attached hydrogen (secondary N) is 2. The molecule has 0 atom stereocenters. The van der Waals surface area contributed by atoms with Crippen LogP contribution in [0.5, 0.6) is 0 Å². The van der Waals surface area contributed by atoms with Crippen LogP contribution in [0.25, 0.3) is 16.9 Å². The Morgan fingerprint density at radius 2 is 2.05 bits per heavy atom. The molecule has 2 heterocycles. The second-order valence-electron chi connectivity index (χ2n) is 4.28. The first-order chi connectivity index (χ1) is 9.36. The van der Waals surface area contributed by atoms with E-state index in [-0.39, 0.29) is 0 Å². The van der Waals surface area contributed by atoms with Crippen molar-refractivity contribution in [2.45, 2.75) is 6.54 Å². The number of para-hydroxylation sites is 1. The Labute approximate surface area is 111 Å². The summed E-state index contributed by atoms with van der Waals surface area (Å²) in [4.78, 5) is 7.58. The molecule has 0 bridgehead atoms. The molecule has 0 aliphatic carbocycles. The predicted molar refractivity (Wildman–Crippen MR) is 73.9 cm³/mol. The molecular weight excluding hydrogens is 238 g/mol. The Balaban J connectivity index is 1.88. The van der Waals surface area contributed by atoms with E-state index in [4.69, 9.17) is 0 Å². The van der Waals surface area contributed by atoms with Crippen LogP contribution in [0.3, 0.4) is 0 Å². The lowest BCUT2D eigenvalue weighted by Gasteiger charge is -1.98. The van der Waals surface area contributed by atoms with E-state index < -0.39 is 0 Å². The van der Waals surface area contributed by atoms with Gasteiger partial charge in [0.25, 0.3) is 0 Å². The second kappa shape index (κ2) is 5.07. The van der Waals surface area contributed by atoms with Crippen LogP contribution in [-0.2, 0) is 6.54 Å². The Hall–Kier alpha value is -2.40. The molecule has 96 valence electrons. The lowest BCUT2D eigenvalue weighted by Crippen LogP contribution is -2.06. The molecule has 19 heavy (non-hydrogen) atoms. The van der Waals surface area contributed by atoms with Crippen molar-refractivity contribution < 1.29 is 0 Å². The van der Waals surface area contributed by atoms with Crippen molar-refractivity contribution in [1.82, 2.24) is 25.1 Å². The fourth-order valence-corrected chi connectivity index (χ4v) is 1.95. The van der Waals surface area contributed by atoms with Crippen LogP contribution in [0.2, 0.25) is 0 Å². The van der Waals surface area contributed by atoms with Gasteiger partial charge in [-0.25, -0.2) is 9.67 Å². The Bertz CT molecular complexity index is 653. The third-order valence-electron chi connectivity index (χ3n) is 2.89. The first-order valence-electron chi connectivity index (χ1n) is 6.16. The largest absolute Gasteiger partial charge is 0.341 e. The van der Waals surface area contributed by atoms with Crippen LogP contribution in [0.4, 0.5) is 0 Å². The van der Waals surface area contributed by atoms with Crippen LogP contribution in [0, 0.1) is 0 Å². The van der Waals surface area contributed by atoms with Gasteiger partial charge in [0, 0.05) is 11.8 Å². The van der Waals surface area contributed by atoms with Gasteiger partial charge in [0.1, 0.15) is 5.82 Å². The van der Waals surface area contributed by atoms with Gasteiger partial charge < -0.3 is 10.3 Å². The van der Waals surface area contributed by atoms with Crippen molar-refractivity contribution in [2.24, 2.45) is 0 Å². The minimum absolute atomic E-state index is 0.729. The van der Waals surface area contributed by atoms with E-state index >= 15 is 0 Å². The van der Waals surface area contributed by atoms with Crippen molar-refractivity contribution in [2.75, 3.05) is 7.05 Å². The van der Waals surface area contributed by atoms with E-state index in [1.165, 1.54) is 0 Å². The first kappa shape index (κ1) is 11.7. The average molecular weight is 253 g/mol. The monoisotopic (exact) mass is 253 g/mol. The van der Waals surface area contributed by atoms with Crippen LogP contribution >= 0.6 is 0 Å². The molecule has 0 unspecified atom stereocenters. The molecular formula is C14H15N5. The minimum atomic E-state index is 0.729. The van der Waals surface area contributed by atoms with E-state index in [9.17, 15) is 0 Å². The highest BCUT2D eigenvalue weighted by Gasteiger charge is 2.06. The molecule has 0 amide bonds. The first-order valence-corrected chi connectivity index (χ1v) is 6.16. The molecule has 0 saturated carbocycles. The summed E-state index contributed by atoms with van der Waals surface area (Å²) >= 11 is 0. The molecule has 5 nitrogen and oxygen atoms in total. The van der Waals surface area contributed by atoms with Crippen molar-refractivity contribution >= 4 is 0 Å². The quantitative estimate of drug-likeness (QED) is 0.747. The summed E-state index contributed by atoms with van der Waals surface area (Å²) < 4.78 is 1.86. The minimum Gasteiger partial charge on any atom is -0.341 e. The number of nitrogens with zero attached hydrogens (tertiary/aromatic N) is 3. The van der Waals surface area contributed by atoms with Crippen LogP contribution < -0.4 is 5.32 Å². The molecule has 0 radical (unpaired) electrons. The number of hydrogen-bond acceptors (Lipinski definition) is 3. The second-order valence-corrected chi connectivity index (χ2v) is 4.28. The smallest absolute Gasteiger partial charge is 0.120 e. The van der Waals surface area contributed by atoms with Gasteiger partial charge in [-0.3, -0.25) is 0 Å². The van der Waals surface area contributed by atoms with E-state index in [0.29, 0.717) is 0 Å². The molecule has 5 heteroatoms. The Morgan fingerprint density at radius 3 is 2.84 bits per heavy atom. The number of benzene rings is 1. The number of aromatic amines is 1. The number of aromatic nitrogens is 4. The molecule has 0 aliphatic heterocycles. The third-order valence-corrected chi connectivity index (χ3v) is 2.89. The van der Waals surface area contributed by atoms with Crippen molar-refractivity contribution in [3.63, 3.8) is 0 Å². The Morgan fingerprint density at radius 1 is 1.21 bits per heavy atom. The molecule has 0 saturated heterocycles.